The third-order valence-corrected chi connectivity index (χ3v) is 4.18. The van der Waals surface area contributed by atoms with Crippen LogP contribution in [0.15, 0.2) is 0 Å². The smallest absolute Gasteiger partial charge is 0.224 e. The Morgan fingerprint density at radius 2 is 1.88 bits per heavy atom. The van der Waals surface area contributed by atoms with Gasteiger partial charge in [0.05, 0.1) is 5.41 Å². The Labute approximate surface area is 103 Å². The fourth-order valence-electron chi connectivity index (χ4n) is 3.06. The third-order valence-electron chi connectivity index (χ3n) is 4.18. The van der Waals surface area contributed by atoms with E-state index in [1.54, 1.807) is 0 Å². The molecule has 2 heterocycles. The van der Waals surface area contributed by atoms with Gasteiger partial charge in [0.25, 0.3) is 0 Å². The van der Waals surface area contributed by atoms with Crippen LogP contribution in [0.5, 0.6) is 0 Å². The van der Waals surface area contributed by atoms with Gasteiger partial charge in [0.1, 0.15) is 5.78 Å². The molecular formula is C13H22N2O2. The summed E-state index contributed by atoms with van der Waals surface area (Å²) in [6, 6.07) is 0.683. The number of carbonyl (C=O) groups is 2. The van der Waals surface area contributed by atoms with Crippen molar-refractivity contribution in [1.29, 1.82) is 0 Å². The molecule has 0 spiro atoms. The van der Waals surface area contributed by atoms with Crippen molar-refractivity contribution in [2.45, 2.75) is 58.0 Å². The van der Waals surface area contributed by atoms with Crippen LogP contribution in [-0.2, 0) is 9.59 Å². The molecular weight excluding hydrogens is 216 g/mol. The van der Waals surface area contributed by atoms with Gasteiger partial charge < -0.3 is 5.73 Å². The van der Waals surface area contributed by atoms with Crippen LogP contribution in [0.2, 0.25) is 0 Å². The van der Waals surface area contributed by atoms with E-state index in [2.05, 4.69) is 4.90 Å². The minimum atomic E-state index is -0.506. The zero-order chi connectivity index (χ0) is 12.6. The molecule has 2 saturated heterocycles. The molecule has 0 aromatic heterocycles. The van der Waals surface area contributed by atoms with E-state index in [0.717, 1.165) is 12.8 Å². The second-order valence-corrected chi connectivity index (χ2v) is 6.11. The summed E-state index contributed by atoms with van der Waals surface area (Å²) < 4.78 is 0. The van der Waals surface area contributed by atoms with Crippen molar-refractivity contribution in [1.82, 2.24) is 4.90 Å². The average Bonchev–Trinajstić information content (AvgIpc) is 2.18. The third kappa shape index (κ3) is 2.51. The quantitative estimate of drug-likeness (QED) is 0.800. The Kier molecular flexibility index (Phi) is 3.25. The number of hydrogen-bond donors (Lipinski definition) is 1. The van der Waals surface area contributed by atoms with Crippen molar-refractivity contribution in [3.8, 4) is 0 Å². The number of Topliss-reactive ketones (excluding diaryl/α,β-unsaturated/α-hetero) is 1. The van der Waals surface area contributed by atoms with Gasteiger partial charge in [0.2, 0.25) is 5.91 Å². The fraction of sp³-hybridized carbons (Fsp3) is 0.846. The highest BCUT2D eigenvalue weighted by molar-refractivity contribution is 5.81. The molecule has 2 aliphatic rings. The summed E-state index contributed by atoms with van der Waals surface area (Å²) in [7, 11) is 0. The number of ketones is 1. The molecule has 2 atom stereocenters. The number of rotatable bonds is 3. The van der Waals surface area contributed by atoms with Gasteiger partial charge in [-0.05, 0) is 26.7 Å². The molecule has 96 valence electrons. The lowest BCUT2D eigenvalue weighted by atomic mass is 9.81. The SMILES string of the molecule is CC(C)(CN1C2CCCC1CC(=O)C2)C(N)=O. The maximum atomic E-state index is 11.6. The van der Waals surface area contributed by atoms with Gasteiger partial charge in [-0.15, -0.1) is 0 Å². The van der Waals surface area contributed by atoms with Crippen molar-refractivity contribution in [2.24, 2.45) is 11.1 Å². The fourth-order valence-corrected chi connectivity index (χ4v) is 3.06. The number of primary amides is 1. The van der Waals surface area contributed by atoms with Gasteiger partial charge in [0.15, 0.2) is 0 Å². The molecule has 17 heavy (non-hydrogen) atoms. The van der Waals surface area contributed by atoms with E-state index < -0.39 is 5.41 Å². The highest BCUT2D eigenvalue weighted by atomic mass is 16.1. The first-order chi connectivity index (χ1) is 7.90. The van der Waals surface area contributed by atoms with Crippen molar-refractivity contribution < 1.29 is 9.59 Å². The van der Waals surface area contributed by atoms with Crippen molar-refractivity contribution in [2.75, 3.05) is 6.54 Å². The van der Waals surface area contributed by atoms with Crippen molar-refractivity contribution >= 4 is 11.7 Å². The van der Waals surface area contributed by atoms with Crippen LogP contribution in [0, 0.1) is 5.41 Å². The Balaban J connectivity index is 2.10. The van der Waals surface area contributed by atoms with Crippen LogP contribution >= 0.6 is 0 Å². The molecule has 0 aromatic rings. The molecule has 2 rings (SSSR count). The van der Waals surface area contributed by atoms with Crippen molar-refractivity contribution in [3.05, 3.63) is 0 Å². The predicted molar refractivity (Wildman–Crippen MR) is 65.3 cm³/mol. The summed E-state index contributed by atoms with van der Waals surface area (Å²) in [6.45, 7) is 4.47. The monoisotopic (exact) mass is 238 g/mol. The number of hydrogen-bond acceptors (Lipinski definition) is 3. The summed E-state index contributed by atoms with van der Waals surface area (Å²) in [5.74, 6) is 0.125. The van der Waals surface area contributed by atoms with E-state index in [0.29, 0.717) is 37.3 Å². The first kappa shape index (κ1) is 12.6. The number of amides is 1. The number of nitrogens with two attached hydrogens (primary N) is 1. The molecule has 2 bridgehead atoms. The Morgan fingerprint density at radius 1 is 1.35 bits per heavy atom. The maximum Gasteiger partial charge on any atom is 0.224 e. The van der Waals surface area contributed by atoms with E-state index >= 15 is 0 Å². The molecule has 2 unspecified atom stereocenters. The van der Waals surface area contributed by atoms with Gasteiger partial charge >= 0.3 is 0 Å². The normalized spacial score (nSPS) is 30.4. The molecule has 0 aromatic carbocycles. The molecule has 2 aliphatic heterocycles. The van der Waals surface area contributed by atoms with Crippen LogP contribution in [0.1, 0.15) is 46.0 Å². The largest absolute Gasteiger partial charge is 0.369 e. The first-order valence-electron chi connectivity index (χ1n) is 6.47. The van der Waals surface area contributed by atoms with Gasteiger partial charge in [-0.2, -0.15) is 0 Å². The summed E-state index contributed by atoms with van der Waals surface area (Å²) in [4.78, 5) is 25.4. The summed E-state index contributed by atoms with van der Waals surface area (Å²) >= 11 is 0. The van der Waals surface area contributed by atoms with Gasteiger partial charge in [0, 0.05) is 31.5 Å². The molecule has 2 fully saturated rings. The summed E-state index contributed by atoms with van der Waals surface area (Å²) in [5.41, 5.74) is 4.93. The zero-order valence-electron chi connectivity index (χ0n) is 10.7. The van der Waals surface area contributed by atoms with E-state index in [9.17, 15) is 9.59 Å². The van der Waals surface area contributed by atoms with E-state index in [1.807, 2.05) is 13.8 Å². The second-order valence-electron chi connectivity index (χ2n) is 6.11. The van der Waals surface area contributed by atoms with Gasteiger partial charge in [-0.25, -0.2) is 0 Å². The van der Waals surface area contributed by atoms with Crippen LogP contribution in [0.4, 0.5) is 0 Å². The average molecular weight is 238 g/mol. The number of nitrogens with zero attached hydrogens (tertiary/aromatic N) is 1. The molecule has 1 amide bonds. The number of carbonyl (C=O) groups excluding carboxylic acids is 2. The number of piperidine rings is 2. The highest BCUT2D eigenvalue weighted by Crippen LogP contribution is 2.34. The Bertz CT molecular complexity index is 322. The molecule has 4 nitrogen and oxygen atoms in total. The first-order valence-corrected chi connectivity index (χ1v) is 6.47. The zero-order valence-corrected chi connectivity index (χ0v) is 10.7. The van der Waals surface area contributed by atoms with Crippen LogP contribution in [0.25, 0.3) is 0 Å². The van der Waals surface area contributed by atoms with Crippen LogP contribution < -0.4 is 5.73 Å². The minimum Gasteiger partial charge on any atom is -0.369 e. The molecule has 0 aliphatic carbocycles. The van der Waals surface area contributed by atoms with Crippen molar-refractivity contribution in [3.63, 3.8) is 0 Å². The summed E-state index contributed by atoms with van der Waals surface area (Å²) in [5, 5.41) is 0. The second kappa shape index (κ2) is 4.41. The predicted octanol–water partition coefficient (Wildman–Crippen LogP) is 1.08. The Hall–Kier alpha value is -0.900. The lowest BCUT2D eigenvalue weighted by Gasteiger charge is -2.47. The van der Waals surface area contributed by atoms with E-state index in [1.165, 1.54) is 6.42 Å². The molecule has 0 saturated carbocycles. The molecule has 0 radical (unpaired) electrons. The maximum absolute atomic E-state index is 11.6. The number of fused-ring (bicyclic) bond motifs is 2. The molecule has 2 N–H and O–H groups in total. The lowest BCUT2D eigenvalue weighted by molar-refractivity contribution is -0.132. The van der Waals surface area contributed by atoms with Crippen LogP contribution in [-0.4, -0.2) is 35.2 Å². The lowest BCUT2D eigenvalue weighted by Crippen LogP contribution is -2.56. The summed E-state index contributed by atoms with van der Waals surface area (Å²) in [6.07, 6.45) is 4.68. The van der Waals surface area contributed by atoms with Gasteiger partial charge in [-0.1, -0.05) is 6.42 Å². The standard InChI is InChI=1S/C13H22N2O2/c1-13(2,12(14)17)8-15-9-4-3-5-10(15)7-11(16)6-9/h9-10H,3-8H2,1-2H3,(H2,14,17). The minimum absolute atomic E-state index is 0.257. The van der Waals surface area contributed by atoms with Crippen LogP contribution in [0.3, 0.4) is 0 Å². The highest BCUT2D eigenvalue weighted by Gasteiger charge is 2.41. The van der Waals surface area contributed by atoms with Gasteiger partial charge in [-0.3, -0.25) is 14.5 Å². The molecule has 4 heteroatoms. The van der Waals surface area contributed by atoms with E-state index in [-0.39, 0.29) is 5.91 Å². The topological polar surface area (TPSA) is 63.4 Å². The Morgan fingerprint density at radius 3 is 2.35 bits per heavy atom. The van der Waals surface area contributed by atoms with E-state index in [4.69, 9.17) is 5.73 Å².